The number of primary amides is 1. The van der Waals surface area contributed by atoms with Crippen LogP contribution in [0.3, 0.4) is 0 Å². The zero-order valence-corrected chi connectivity index (χ0v) is 34.4. The van der Waals surface area contributed by atoms with Crippen LogP contribution in [-0.4, -0.2) is 112 Å². The third-order valence-corrected chi connectivity index (χ3v) is 14.3. The summed E-state index contributed by atoms with van der Waals surface area (Å²) in [6.07, 6.45) is -0.840. The molecule has 2 amide bonds. The average molecular weight is 905 g/mol. The number of amides is 2. The van der Waals surface area contributed by atoms with Crippen molar-refractivity contribution in [1.29, 1.82) is 0 Å². The van der Waals surface area contributed by atoms with Crippen LogP contribution in [0.4, 0.5) is 5.69 Å². The number of aromatic hydroxyl groups is 2. The molecule has 3 aromatic rings. The van der Waals surface area contributed by atoms with Gasteiger partial charge in [-0.3, -0.25) is 33.6 Å². The van der Waals surface area contributed by atoms with Crippen LogP contribution in [0.5, 0.6) is 11.5 Å². The second kappa shape index (κ2) is 14.7. The molecule has 3 aromatic carbocycles. The van der Waals surface area contributed by atoms with Gasteiger partial charge in [0.15, 0.2) is 22.8 Å². The van der Waals surface area contributed by atoms with Crippen molar-refractivity contribution in [3.8, 4) is 11.5 Å². The molecule has 0 heterocycles. The van der Waals surface area contributed by atoms with E-state index in [1.807, 2.05) is 0 Å². The summed E-state index contributed by atoms with van der Waals surface area (Å²) in [6, 6.07) is 11.1. The Balaban J connectivity index is 1.15. The van der Waals surface area contributed by atoms with Crippen LogP contribution in [-0.2, 0) is 38.3 Å². The van der Waals surface area contributed by atoms with Crippen molar-refractivity contribution < 1.29 is 79.2 Å². The molecule has 6 aliphatic carbocycles. The van der Waals surface area contributed by atoms with E-state index in [0.29, 0.717) is 5.56 Å². The lowest BCUT2D eigenvalue weighted by atomic mass is 9.55. The molecule has 0 spiro atoms. The fourth-order valence-electron chi connectivity index (χ4n) is 11.2. The van der Waals surface area contributed by atoms with Crippen LogP contribution in [0.25, 0.3) is 11.5 Å². The van der Waals surface area contributed by atoms with Crippen LogP contribution < -0.4 is 22.5 Å². The van der Waals surface area contributed by atoms with E-state index in [2.05, 4.69) is 5.32 Å². The van der Waals surface area contributed by atoms with E-state index in [1.165, 1.54) is 24.3 Å². The molecule has 10 atom stereocenters. The number of hydrogen-bond donors (Lipinski definition) is 12. The number of ketones is 4. The van der Waals surface area contributed by atoms with Crippen LogP contribution in [0.15, 0.2) is 94.5 Å². The molecule has 0 bridgehead atoms. The molecule has 9 rings (SSSR count). The van der Waals surface area contributed by atoms with Crippen molar-refractivity contribution in [2.75, 3.05) is 12.4 Å². The summed E-state index contributed by atoms with van der Waals surface area (Å²) in [5.74, 6) is -23.3. The third kappa shape index (κ3) is 5.49. The standard InChI is InChI=1S/C46H40N4O16/c1-66-44(63)24-15-8-5-9-22(51)25(15)34(53)28-18(24)13-20-32(48)37(56)30(41(60)46(20,65)39(28)58)43(62)50-21-11-10-16-23(14-6-3-2-4-7-14)17-12-19-31(47)36(55)29(42(49)61)40(59)45(19,64)38(57)27(17)35(54)26(16)33(21)52/h2-11,17-20,23-24,31-32,51-54,59-60,64-65H,12-13,47-48H2,1H3,(H2,49,61)(H,50,62)/t17-,18-,19+,20+,23-,24-,31+,32+,45+,46+/m1/s1. The number of nitrogens with two attached hydrogens (primary N) is 3. The number of nitrogens with one attached hydrogen (secondary N) is 1. The fourth-order valence-corrected chi connectivity index (χ4v) is 11.2. The molecular formula is C46H40N4O16. The van der Waals surface area contributed by atoms with Gasteiger partial charge >= 0.3 is 5.97 Å². The van der Waals surface area contributed by atoms with Gasteiger partial charge in [0.1, 0.15) is 45.7 Å². The van der Waals surface area contributed by atoms with Crippen molar-refractivity contribution in [2.24, 2.45) is 40.9 Å². The Morgan fingerprint density at radius 3 is 1.82 bits per heavy atom. The van der Waals surface area contributed by atoms with Crippen molar-refractivity contribution in [1.82, 2.24) is 0 Å². The van der Waals surface area contributed by atoms with Gasteiger partial charge in [-0.15, -0.1) is 0 Å². The summed E-state index contributed by atoms with van der Waals surface area (Å²) in [5.41, 5.74) is 7.42. The number of anilines is 1. The van der Waals surface area contributed by atoms with Gasteiger partial charge in [0, 0.05) is 40.7 Å². The Hall–Kier alpha value is -7.65. The van der Waals surface area contributed by atoms with Gasteiger partial charge < -0.3 is 68.1 Å². The molecule has 0 saturated heterocycles. The highest BCUT2D eigenvalue weighted by atomic mass is 16.5. The van der Waals surface area contributed by atoms with Crippen molar-refractivity contribution in [2.45, 2.75) is 48.0 Å². The lowest BCUT2D eigenvalue weighted by molar-refractivity contribution is -0.152. The second-order valence-corrected chi connectivity index (χ2v) is 17.2. The Morgan fingerprint density at radius 1 is 0.682 bits per heavy atom. The summed E-state index contributed by atoms with van der Waals surface area (Å²) in [7, 11) is 1.06. The predicted molar refractivity (Wildman–Crippen MR) is 225 cm³/mol. The van der Waals surface area contributed by atoms with Gasteiger partial charge in [0.25, 0.3) is 11.8 Å². The number of methoxy groups -OCH3 is 1. The van der Waals surface area contributed by atoms with Gasteiger partial charge in [-0.2, -0.15) is 0 Å². The number of fused-ring (bicyclic) bond motifs is 6. The lowest BCUT2D eigenvalue weighted by Gasteiger charge is -2.50. The highest BCUT2D eigenvalue weighted by Crippen LogP contribution is 2.59. The van der Waals surface area contributed by atoms with Gasteiger partial charge in [-0.05, 0) is 41.7 Å². The molecule has 6 aliphatic rings. The number of Topliss-reactive ketones (excluding diaryl/α,β-unsaturated/α-hetero) is 4. The minimum Gasteiger partial charge on any atom is -0.508 e. The summed E-state index contributed by atoms with van der Waals surface area (Å²) >= 11 is 0. The number of phenols is 2. The number of hydrogen-bond acceptors (Lipinski definition) is 18. The number of aliphatic hydroxyl groups is 6. The van der Waals surface area contributed by atoms with Gasteiger partial charge in [0.2, 0.25) is 11.6 Å². The summed E-state index contributed by atoms with van der Waals surface area (Å²) in [4.78, 5) is 95.8. The Kier molecular flexibility index (Phi) is 9.70. The normalized spacial score (nSPS) is 31.3. The second-order valence-electron chi connectivity index (χ2n) is 17.2. The van der Waals surface area contributed by atoms with Crippen molar-refractivity contribution >= 4 is 58.1 Å². The molecule has 2 fully saturated rings. The van der Waals surface area contributed by atoms with E-state index in [4.69, 9.17) is 21.9 Å². The van der Waals surface area contributed by atoms with Crippen molar-refractivity contribution in [3.63, 3.8) is 0 Å². The molecule has 66 heavy (non-hydrogen) atoms. The predicted octanol–water partition coefficient (Wildman–Crippen LogP) is 0.493. The van der Waals surface area contributed by atoms with Crippen LogP contribution in [0.2, 0.25) is 0 Å². The first-order valence-electron chi connectivity index (χ1n) is 20.5. The number of phenolic OH excluding ortho intramolecular Hbond substituents is 2. The highest BCUT2D eigenvalue weighted by molar-refractivity contribution is 6.28. The first-order chi connectivity index (χ1) is 31.2. The van der Waals surface area contributed by atoms with Crippen LogP contribution in [0.1, 0.15) is 52.5 Å². The summed E-state index contributed by atoms with van der Waals surface area (Å²) in [6.45, 7) is 0. The molecule has 0 radical (unpaired) electrons. The molecule has 20 nitrogen and oxygen atoms in total. The topological polar surface area (TPSA) is 381 Å². The number of esters is 1. The molecule has 0 unspecified atom stereocenters. The number of aliphatic hydroxyl groups excluding tert-OH is 4. The summed E-state index contributed by atoms with van der Waals surface area (Å²) in [5, 5.41) is 95.2. The van der Waals surface area contributed by atoms with E-state index in [0.717, 1.165) is 13.2 Å². The molecule has 0 aliphatic heterocycles. The van der Waals surface area contributed by atoms with Crippen molar-refractivity contribution in [3.05, 3.63) is 122 Å². The van der Waals surface area contributed by atoms with E-state index in [9.17, 15) is 74.4 Å². The van der Waals surface area contributed by atoms with Gasteiger partial charge in [0.05, 0.1) is 41.9 Å². The minimum atomic E-state index is -3.18. The maximum absolute atomic E-state index is 14.5. The van der Waals surface area contributed by atoms with Gasteiger partial charge in [-0.25, -0.2) is 0 Å². The average Bonchev–Trinajstić information content (AvgIpc) is 3.28. The highest BCUT2D eigenvalue weighted by Gasteiger charge is 2.66. The maximum atomic E-state index is 14.5. The maximum Gasteiger partial charge on any atom is 0.313 e. The number of rotatable bonds is 5. The van der Waals surface area contributed by atoms with Crippen LogP contribution >= 0.6 is 0 Å². The number of carbonyl (C=O) groups is 7. The van der Waals surface area contributed by atoms with Crippen LogP contribution in [0, 0.1) is 23.7 Å². The molecular weight excluding hydrogens is 865 g/mol. The Labute approximate surface area is 371 Å². The largest absolute Gasteiger partial charge is 0.508 e. The van der Waals surface area contributed by atoms with Gasteiger partial charge in [-0.1, -0.05) is 48.5 Å². The molecule has 0 aromatic heterocycles. The Morgan fingerprint density at radius 2 is 1.23 bits per heavy atom. The minimum absolute atomic E-state index is 0.0637. The fraction of sp³-hybridized carbons (Fsp3) is 0.283. The van der Waals surface area contributed by atoms with E-state index >= 15 is 0 Å². The summed E-state index contributed by atoms with van der Waals surface area (Å²) < 4.78 is 4.98. The third-order valence-electron chi connectivity index (χ3n) is 14.3. The molecule has 20 heteroatoms. The number of benzene rings is 3. The Bertz CT molecular complexity index is 2950. The first-order valence-corrected chi connectivity index (χ1v) is 20.5. The van der Waals surface area contributed by atoms with E-state index < -0.39 is 174 Å². The first kappa shape index (κ1) is 43.6. The lowest BCUT2D eigenvalue weighted by Crippen LogP contribution is -2.65. The van der Waals surface area contributed by atoms with E-state index in [1.54, 1.807) is 30.3 Å². The van der Waals surface area contributed by atoms with E-state index in [-0.39, 0.29) is 23.1 Å². The zero-order chi connectivity index (χ0) is 47.8. The monoisotopic (exact) mass is 904 g/mol. The number of ether oxygens (including phenoxy) is 1. The number of carbonyl (C=O) groups excluding carboxylic acids is 7. The molecule has 2 saturated carbocycles. The smallest absolute Gasteiger partial charge is 0.313 e. The SMILES string of the molecule is COC(=O)[C@@H]1c2cccc(O)c2C(O)=C2C(=O)[C@]3(O)C(O)=C(C(=O)Nc4ccc5c(c4O)C(O)=C4C(=O)[C@]6(O)C(O)=C(C(N)=O)C(=O)[C@@H](N)[C@@H]6C[C@@H]4[C@@H]5c4ccccc4)C(=O)[C@@H](N)[C@@H]3C[C@@H]21. The molecule has 15 N–H and O–H groups in total. The molecule has 340 valence electrons. The zero-order valence-electron chi connectivity index (χ0n) is 34.4. The quantitative estimate of drug-likeness (QED) is 0.0941.